The zero-order valence-corrected chi connectivity index (χ0v) is 10.5. The van der Waals surface area contributed by atoms with Crippen LogP contribution < -0.4 is 5.32 Å². The van der Waals surface area contributed by atoms with Crippen molar-refractivity contribution in [3.8, 4) is 0 Å². The maximum atomic E-state index is 13.6. The Hall–Kier alpha value is -2.57. The highest BCUT2D eigenvalue weighted by Gasteiger charge is 2.20. The number of aliphatic carboxylic acids is 1. The predicted octanol–water partition coefficient (Wildman–Crippen LogP) is 3.61. The molecule has 0 atom stereocenters. The third kappa shape index (κ3) is 3.13. The smallest absolute Gasteiger partial charge is 0.307 e. The molecule has 2 rings (SSSR count). The average Bonchev–Trinajstić information content (AvgIpc) is 2.42. The molecule has 21 heavy (non-hydrogen) atoms. The quantitative estimate of drug-likeness (QED) is 0.669. The van der Waals surface area contributed by atoms with Crippen molar-refractivity contribution in [2.45, 2.75) is 6.42 Å². The summed E-state index contributed by atoms with van der Waals surface area (Å²) in [6.45, 7) is 0. The fourth-order valence-electron chi connectivity index (χ4n) is 1.78. The number of carboxylic acid groups (broad SMARTS) is 1. The van der Waals surface area contributed by atoms with Gasteiger partial charge in [-0.3, -0.25) is 4.79 Å². The lowest BCUT2D eigenvalue weighted by Crippen LogP contribution is -2.07. The summed E-state index contributed by atoms with van der Waals surface area (Å²) >= 11 is 0. The highest BCUT2D eigenvalue weighted by molar-refractivity contribution is 5.75. The number of nitrogens with one attached hydrogen (secondary N) is 1. The highest BCUT2D eigenvalue weighted by Crippen LogP contribution is 2.29. The van der Waals surface area contributed by atoms with Crippen molar-refractivity contribution < 1.29 is 27.5 Å². The van der Waals surface area contributed by atoms with Crippen molar-refractivity contribution in [1.82, 2.24) is 0 Å². The number of hydrogen-bond donors (Lipinski definition) is 2. The second kappa shape index (κ2) is 5.82. The van der Waals surface area contributed by atoms with Crippen molar-refractivity contribution in [2.24, 2.45) is 0 Å². The van der Waals surface area contributed by atoms with Gasteiger partial charge < -0.3 is 10.4 Å². The van der Waals surface area contributed by atoms with Crippen LogP contribution in [-0.2, 0) is 11.2 Å². The number of rotatable bonds is 4. The van der Waals surface area contributed by atoms with Gasteiger partial charge in [0.1, 0.15) is 5.69 Å². The first-order chi connectivity index (χ1) is 9.90. The lowest BCUT2D eigenvalue weighted by Gasteiger charge is -2.13. The first-order valence-electron chi connectivity index (χ1n) is 5.80. The maximum absolute atomic E-state index is 13.6. The van der Waals surface area contributed by atoms with Crippen LogP contribution in [0, 0.1) is 23.3 Å². The first-order valence-corrected chi connectivity index (χ1v) is 5.80. The molecule has 0 aromatic heterocycles. The summed E-state index contributed by atoms with van der Waals surface area (Å²) in [5, 5.41) is 11.0. The van der Waals surface area contributed by atoms with Gasteiger partial charge in [-0.25, -0.2) is 17.6 Å². The van der Waals surface area contributed by atoms with Crippen molar-refractivity contribution in [3.63, 3.8) is 0 Å². The third-order valence-corrected chi connectivity index (χ3v) is 2.73. The van der Waals surface area contributed by atoms with Crippen LogP contribution in [-0.4, -0.2) is 11.1 Å². The van der Waals surface area contributed by atoms with E-state index < -0.39 is 41.3 Å². The molecule has 0 aliphatic carbocycles. The molecule has 7 heteroatoms. The van der Waals surface area contributed by atoms with Crippen LogP contribution in [0.5, 0.6) is 0 Å². The van der Waals surface area contributed by atoms with E-state index in [1.165, 1.54) is 24.3 Å². The summed E-state index contributed by atoms with van der Waals surface area (Å²) < 4.78 is 53.4. The number of hydrogen-bond acceptors (Lipinski definition) is 2. The van der Waals surface area contributed by atoms with Gasteiger partial charge in [0, 0.05) is 11.8 Å². The second-order valence-corrected chi connectivity index (χ2v) is 4.20. The average molecular weight is 299 g/mol. The summed E-state index contributed by atoms with van der Waals surface area (Å²) in [6.07, 6.45) is -0.412. The molecule has 0 radical (unpaired) electrons. The molecule has 0 fully saturated rings. The highest BCUT2D eigenvalue weighted by atomic mass is 19.2. The van der Waals surface area contributed by atoms with Gasteiger partial charge in [0.05, 0.1) is 6.42 Å². The van der Waals surface area contributed by atoms with Crippen molar-refractivity contribution >= 4 is 17.3 Å². The van der Waals surface area contributed by atoms with Gasteiger partial charge in [-0.2, -0.15) is 0 Å². The minimum Gasteiger partial charge on any atom is -0.481 e. The molecule has 2 N–H and O–H groups in total. The van der Waals surface area contributed by atoms with Crippen molar-refractivity contribution in [1.29, 1.82) is 0 Å². The Balaban J connectivity index is 2.46. The van der Waals surface area contributed by atoms with Crippen molar-refractivity contribution in [3.05, 3.63) is 59.2 Å². The SMILES string of the molecule is O=C(O)Cc1ccccc1Nc1c(F)c(F)cc(F)c1F. The summed E-state index contributed by atoms with van der Waals surface area (Å²) in [5.41, 5.74) is -0.749. The number of anilines is 2. The molecule has 0 saturated heterocycles. The molecule has 110 valence electrons. The number of benzene rings is 2. The van der Waals surface area contributed by atoms with Crippen LogP contribution in [0.3, 0.4) is 0 Å². The molecule has 2 aromatic carbocycles. The molecule has 0 heterocycles. The van der Waals surface area contributed by atoms with E-state index >= 15 is 0 Å². The number of para-hydroxylation sites is 1. The lowest BCUT2D eigenvalue weighted by atomic mass is 10.1. The lowest BCUT2D eigenvalue weighted by molar-refractivity contribution is -0.136. The fourth-order valence-corrected chi connectivity index (χ4v) is 1.78. The minimum atomic E-state index is -1.58. The van der Waals surface area contributed by atoms with Gasteiger partial charge in [0.15, 0.2) is 23.3 Å². The maximum Gasteiger partial charge on any atom is 0.307 e. The number of halogens is 4. The molecule has 0 aliphatic rings. The topological polar surface area (TPSA) is 49.3 Å². The van der Waals surface area contributed by atoms with Crippen molar-refractivity contribution in [2.75, 3.05) is 5.32 Å². The number of carboxylic acids is 1. The van der Waals surface area contributed by atoms with Crippen LogP contribution in [0.15, 0.2) is 30.3 Å². The number of carbonyl (C=O) groups is 1. The standard InChI is InChI=1S/C14H9F4NO2/c15-8-6-9(16)13(18)14(12(8)17)19-10-4-2-1-3-7(10)5-11(20)21/h1-4,6,19H,5H2,(H,20,21). The van der Waals surface area contributed by atoms with Crippen LogP contribution in [0.4, 0.5) is 28.9 Å². The Morgan fingerprint density at radius 2 is 1.62 bits per heavy atom. The van der Waals surface area contributed by atoms with Crippen LogP contribution in [0.2, 0.25) is 0 Å². The van der Waals surface area contributed by atoms with E-state index in [4.69, 9.17) is 5.11 Å². The normalized spacial score (nSPS) is 10.5. The monoisotopic (exact) mass is 299 g/mol. The molecule has 0 amide bonds. The van der Waals surface area contributed by atoms with E-state index in [1.807, 2.05) is 0 Å². The Bertz CT molecular complexity index is 677. The fraction of sp³-hybridized carbons (Fsp3) is 0.0714. The van der Waals surface area contributed by atoms with Gasteiger partial charge in [-0.1, -0.05) is 18.2 Å². The van der Waals surface area contributed by atoms with Gasteiger partial charge in [-0.15, -0.1) is 0 Å². The van der Waals surface area contributed by atoms with E-state index in [9.17, 15) is 22.4 Å². The van der Waals surface area contributed by atoms with Gasteiger partial charge in [0.25, 0.3) is 0 Å². The molecular weight excluding hydrogens is 290 g/mol. The van der Waals surface area contributed by atoms with Crippen LogP contribution in [0.1, 0.15) is 5.56 Å². The van der Waals surface area contributed by atoms with Gasteiger partial charge >= 0.3 is 5.97 Å². The summed E-state index contributed by atoms with van der Waals surface area (Å²) in [4.78, 5) is 10.7. The van der Waals surface area contributed by atoms with Gasteiger partial charge in [0.2, 0.25) is 0 Å². The second-order valence-electron chi connectivity index (χ2n) is 4.20. The zero-order chi connectivity index (χ0) is 15.6. The summed E-state index contributed by atoms with van der Waals surface area (Å²) in [7, 11) is 0. The van der Waals surface area contributed by atoms with E-state index in [0.717, 1.165) is 0 Å². The summed E-state index contributed by atoms with van der Waals surface area (Å²) in [6, 6.07) is 5.88. The zero-order valence-electron chi connectivity index (χ0n) is 10.5. The van der Waals surface area contributed by atoms with E-state index in [-0.39, 0.29) is 17.3 Å². The third-order valence-electron chi connectivity index (χ3n) is 2.73. The Kier molecular flexibility index (Phi) is 4.11. The first kappa shape index (κ1) is 14.8. The van der Waals surface area contributed by atoms with E-state index in [0.29, 0.717) is 0 Å². The Labute approximate surface area is 116 Å². The minimum absolute atomic E-state index is 0.0442. The van der Waals surface area contributed by atoms with E-state index in [2.05, 4.69) is 5.32 Å². The van der Waals surface area contributed by atoms with Gasteiger partial charge in [-0.05, 0) is 11.6 Å². The molecule has 0 spiro atoms. The Morgan fingerprint density at radius 1 is 1.05 bits per heavy atom. The van der Waals surface area contributed by atoms with E-state index in [1.54, 1.807) is 0 Å². The largest absolute Gasteiger partial charge is 0.481 e. The van der Waals surface area contributed by atoms with Crippen LogP contribution in [0.25, 0.3) is 0 Å². The summed E-state index contributed by atoms with van der Waals surface area (Å²) in [5.74, 6) is -7.42. The molecule has 0 unspecified atom stereocenters. The molecule has 0 saturated carbocycles. The Morgan fingerprint density at radius 3 is 2.19 bits per heavy atom. The predicted molar refractivity (Wildman–Crippen MR) is 67.3 cm³/mol. The van der Waals surface area contributed by atoms with Crippen LogP contribution >= 0.6 is 0 Å². The molecule has 2 aromatic rings. The molecule has 3 nitrogen and oxygen atoms in total. The molecular formula is C14H9F4NO2. The molecule has 0 aliphatic heterocycles. The molecule has 0 bridgehead atoms.